The number of piperazine rings is 1. The Balaban J connectivity index is 1.29. The van der Waals surface area contributed by atoms with Gasteiger partial charge in [-0.05, 0) is 53.9 Å². The molecule has 0 bridgehead atoms. The van der Waals surface area contributed by atoms with Crippen LogP contribution in [0.3, 0.4) is 0 Å². The molecule has 226 valence electrons. The van der Waals surface area contributed by atoms with E-state index in [0.29, 0.717) is 17.9 Å². The van der Waals surface area contributed by atoms with Gasteiger partial charge in [-0.15, -0.1) is 0 Å². The van der Waals surface area contributed by atoms with E-state index in [9.17, 15) is 4.79 Å². The van der Waals surface area contributed by atoms with Crippen molar-refractivity contribution in [1.29, 1.82) is 0 Å². The number of fused-ring (bicyclic) bond motifs is 2. The van der Waals surface area contributed by atoms with Gasteiger partial charge in [-0.2, -0.15) is 10.2 Å². The lowest BCUT2D eigenvalue weighted by Crippen LogP contribution is -2.44. The van der Waals surface area contributed by atoms with Crippen molar-refractivity contribution < 1.29 is 4.79 Å². The minimum Gasteiger partial charge on any atom is -0.369 e. The van der Waals surface area contributed by atoms with Gasteiger partial charge < -0.3 is 20.0 Å². The SMILES string of the molecule is CN1CCN(c2cccc(NC(=O)c3nn4c(-c5cn[nH]c5)cc(N5Cc6ccc(Cl)cc6C5)nc4c3C(C)(C)C)c2)CC1. The maximum absolute atomic E-state index is 14.0. The van der Waals surface area contributed by atoms with Crippen molar-refractivity contribution in [1.82, 2.24) is 29.7 Å². The summed E-state index contributed by atoms with van der Waals surface area (Å²) in [7, 11) is 2.14. The van der Waals surface area contributed by atoms with Crippen LogP contribution in [-0.2, 0) is 18.5 Å². The molecular formula is C33H36ClN9O. The third-order valence-electron chi connectivity index (χ3n) is 8.52. The lowest BCUT2D eigenvalue weighted by molar-refractivity contribution is 0.102. The fourth-order valence-corrected chi connectivity index (χ4v) is 6.37. The van der Waals surface area contributed by atoms with Crippen molar-refractivity contribution in [3.63, 3.8) is 0 Å². The summed E-state index contributed by atoms with van der Waals surface area (Å²) in [5.74, 6) is 0.539. The Labute approximate surface area is 261 Å². The predicted molar refractivity (Wildman–Crippen MR) is 175 cm³/mol. The number of anilines is 3. The van der Waals surface area contributed by atoms with E-state index in [4.69, 9.17) is 21.7 Å². The first-order valence-corrected chi connectivity index (χ1v) is 15.3. The third kappa shape index (κ3) is 5.28. The summed E-state index contributed by atoms with van der Waals surface area (Å²) < 4.78 is 1.78. The van der Waals surface area contributed by atoms with Crippen molar-refractivity contribution in [3.8, 4) is 11.3 Å². The molecular weight excluding hydrogens is 574 g/mol. The quantitative estimate of drug-likeness (QED) is 0.268. The number of nitrogens with zero attached hydrogens (tertiary/aromatic N) is 7. The molecule has 2 N–H and O–H groups in total. The second kappa shape index (κ2) is 10.9. The van der Waals surface area contributed by atoms with Gasteiger partial charge >= 0.3 is 0 Å². The average molecular weight is 610 g/mol. The van der Waals surface area contributed by atoms with Crippen molar-refractivity contribution >= 4 is 40.3 Å². The van der Waals surface area contributed by atoms with Crippen molar-refractivity contribution in [2.75, 3.05) is 48.3 Å². The zero-order valence-electron chi connectivity index (χ0n) is 25.4. The van der Waals surface area contributed by atoms with Crippen LogP contribution in [-0.4, -0.2) is 68.8 Å². The zero-order chi connectivity index (χ0) is 30.6. The van der Waals surface area contributed by atoms with Crippen molar-refractivity contribution in [2.24, 2.45) is 0 Å². The van der Waals surface area contributed by atoms with Gasteiger partial charge in [-0.25, -0.2) is 9.50 Å². The number of aromatic nitrogens is 5. The van der Waals surface area contributed by atoms with Crippen LogP contribution in [0.5, 0.6) is 0 Å². The second-order valence-corrected chi connectivity index (χ2v) is 13.2. The maximum atomic E-state index is 14.0. The minimum absolute atomic E-state index is 0.265. The van der Waals surface area contributed by atoms with Crippen LogP contribution in [0.25, 0.3) is 16.9 Å². The molecule has 3 aromatic heterocycles. The molecule has 1 fully saturated rings. The summed E-state index contributed by atoms with van der Waals surface area (Å²) in [6.45, 7) is 11.6. The highest BCUT2D eigenvalue weighted by atomic mass is 35.5. The summed E-state index contributed by atoms with van der Waals surface area (Å²) in [6, 6.07) is 16.1. The van der Waals surface area contributed by atoms with Crippen LogP contribution in [0.1, 0.15) is 48.0 Å². The number of halogens is 1. The first-order chi connectivity index (χ1) is 21.1. The number of H-pyrrole nitrogens is 1. The number of aromatic amines is 1. The number of carbonyl (C=O) groups is 1. The maximum Gasteiger partial charge on any atom is 0.276 e. The molecule has 1 saturated heterocycles. The molecule has 2 aliphatic rings. The Morgan fingerprint density at radius 3 is 2.52 bits per heavy atom. The van der Waals surface area contributed by atoms with E-state index in [2.05, 4.69) is 70.2 Å². The van der Waals surface area contributed by atoms with E-state index in [1.807, 2.05) is 42.6 Å². The van der Waals surface area contributed by atoms with Crippen molar-refractivity contribution in [2.45, 2.75) is 39.3 Å². The summed E-state index contributed by atoms with van der Waals surface area (Å²) in [4.78, 5) is 26.1. The Morgan fingerprint density at radius 2 is 1.77 bits per heavy atom. The fraction of sp³-hybridized carbons (Fsp3) is 0.333. The molecule has 1 amide bonds. The number of rotatable bonds is 5. The number of likely N-dealkylation sites (N-methyl/N-ethyl adjacent to an activating group) is 1. The molecule has 11 heteroatoms. The number of hydrogen-bond acceptors (Lipinski definition) is 7. The van der Waals surface area contributed by atoms with Gasteiger partial charge in [-0.1, -0.05) is 44.5 Å². The van der Waals surface area contributed by atoms with E-state index in [1.165, 1.54) is 11.1 Å². The van der Waals surface area contributed by atoms with E-state index in [1.54, 1.807) is 10.7 Å². The first-order valence-electron chi connectivity index (χ1n) is 14.9. The van der Waals surface area contributed by atoms with E-state index < -0.39 is 5.41 Å². The lowest BCUT2D eigenvalue weighted by atomic mass is 9.86. The number of amides is 1. The topological polar surface area (TPSA) is 97.7 Å². The predicted octanol–water partition coefficient (Wildman–Crippen LogP) is 5.59. The van der Waals surface area contributed by atoms with Crippen LogP contribution in [0.15, 0.2) is 60.9 Å². The van der Waals surface area contributed by atoms with Crippen LogP contribution in [0.2, 0.25) is 5.02 Å². The first kappa shape index (κ1) is 28.4. The molecule has 5 heterocycles. The van der Waals surface area contributed by atoms with Crippen LogP contribution in [0, 0.1) is 0 Å². The molecule has 0 aliphatic carbocycles. The van der Waals surface area contributed by atoms with Gasteiger partial charge in [-0.3, -0.25) is 9.89 Å². The molecule has 0 spiro atoms. The monoisotopic (exact) mass is 609 g/mol. The van der Waals surface area contributed by atoms with E-state index >= 15 is 0 Å². The molecule has 2 aliphatic heterocycles. The van der Waals surface area contributed by atoms with Crippen molar-refractivity contribution in [3.05, 3.63) is 88.3 Å². The zero-order valence-corrected chi connectivity index (χ0v) is 26.2. The van der Waals surface area contributed by atoms with Crippen LogP contribution in [0.4, 0.5) is 17.2 Å². The number of carbonyl (C=O) groups excluding carboxylic acids is 1. The molecule has 44 heavy (non-hydrogen) atoms. The molecule has 0 atom stereocenters. The highest BCUT2D eigenvalue weighted by molar-refractivity contribution is 6.30. The molecule has 0 radical (unpaired) electrons. The van der Waals surface area contributed by atoms with Gasteiger partial charge in [0.1, 0.15) is 5.82 Å². The molecule has 10 nitrogen and oxygen atoms in total. The smallest absolute Gasteiger partial charge is 0.276 e. The molecule has 0 saturated carbocycles. The molecule has 2 aromatic carbocycles. The van der Waals surface area contributed by atoms with E-state index in [0.717, 1.165) is 71.8 Å². The van der Waals surface area contributed by atoms with Crippen LogP contribution < -0.4 is 15.1 Å². The standard InChI is InChI=1S/C33H36ClN9O/c1-33(2,3)29-30(32(44)37-25-6-5-7-26(15-25)41-12-10-40(4)11-13-41)39-43-27(23-17-35-36-18-23)16-28(38-31(29)43)42-19-21-8-9-24(34)14-22(21)20-42/h5-9,14-18H,10-13,19-20H2,1-4H3,(H,35,36)(H,37,44). The van der Waals surface area contributed by atoms with Gasteiger partial charge in [0.15, 0.2) is 11.3 Å². The largest absolute Gasteiger partial charge is 0.369 e. The van der Waals surface area contributed by atoms with E-state index in [-0.39, 0.29) is 5.91 Å². The summed E-state index contributed by atoms with van der Waals surface area (Å²) in [5.41, 5.74) is 7.28. The second-order valence-electron chi connectivity index (χ2n) is 12.8. The molecule has 7 rings (SSSR count). The Hall–Kier alpha value is -4.41. The minimum atomic E-state index is -0.420. The van der Waals surface area contributed by atoms with Gasteiger partial charge in [0.2, 0.25) is 0 Å². The number of benzene rings is 2. The number of nitrogens with one attached hydrogen (secondary N) is 2. The summed E-state index contributed by atoms with van der Waals surface area (Å²) >= 11 is 6.30. The van der Waals surface area contributed by atoms with Gasteiger partial charge in [0, 0.05) is 79.1 Å². The van der Waals surface area contributed by atoms with Gasteiger partial charge in [0.05, 0.1) is 11.9 Å². The average Bonchev–Trinajstić information content (AvgIpc) is 3.75. The lowest BCUT2D eigenvalue weighted by Gasteiger charge is -2.34. The van der Waals surface area contributed by atoms with Gasteiger partial charge in [0.25, 0.3) is 5.91 Å². The Bertz CT molecular complexity index is 1850. The Morgan fingerprint density at radius 1 is 0.977 bits per heavy atom. The summed E-state index contributed by atoms with van der Waals surface area (Å²) in [5, 5.41) is 15.9. The third-order valence-corrected chi connectivity index (χ3v) is 8.76. The van der Waals surface area contributed by atoms with Crippen LogP contribution >= 0.6 is 11.6 Å². The Kier molecular flexibility index (Phi) is 7.05. The normalized spacial score (nSPS) is 15.7. The highest BCUT2D eigenvalue weighted by Gasteiger charge is 2.32. The summed E-state index contributed by atoms with van der Waals surface area (Å²) in [6.07, 6.45) is 3.60. The molecule has 5 aromatic rings. The highest BCUT2D eigenvalue weighted by Crippen LogP contribution is 2.36. The molecule has 0 unspecified atom stereocenters. The number of hydrogen-bond donors (Lipinski definition) is 2. The fourth-order valence-electron chi connectivity index (χ4n) is 6.17.